The van der Waals surface area contributed by atoms with E-state index in [1.54, 1.807) is 0 Å². The Labute approximate surface area is 115 Å². The number of rotatable bonds is 1. The lowest BCUT2D eigenvalue weighted by Gasteiger charge is -2.40. The summed E-state index contributed by atoms with van der Waals surface area (Å²) < 4.78 is 5.49. The Hall–Kier alpha value is -1.06. The molecular weight excluding hydrogens is 236 g/mol. The highest BCUT2D eigenvalue weighted by molar-refractivity contribution is 5.59. The van der Waals surface area contributed by atoms with Crippen LogP contribution in [0.4, 0.5) is 5.69 Å². The molecule has 0 saturated carbocycles. The zero-order valence-electron chi connectivity index (χ0n) is 12.2. The van der Waals surface area contributed by atoms with E-state index in [0.29, 0.717) is 12.1 Å². The van der Waals surface area contributed by atoms with Gasteiger partial charge in [0.25, 0.3) is 0 Å². The summed E-state index contributed by atoms with van der Waals surface area (Å²) in [5, 5.41) is 3.64. The third-order valence-electron chi connectivity index (χ3n) is 4.49. The minimum absolute atomic E-state index is 0.544. The molecular formula is C16H24N2O. The maximum absolute atomic E-state index is 5.49. The van der Waals surface area contributed by atoms with E-state index in [0.717, 1.165) is 26.3 Å². The molecule has 3 rings (SSSR count). The molecule has 2 aliphatic heterocycles. The van der Waals surface area contributed by atoms with Crippen molar-refractivity contribution in [2.45, 2.75) is 39.3 Å². The van der Waals surface area contributed by atoms with Gasteiger partial charge < -0.3 is 10.1 Å². The van der Waals surface area contributed by atoms with Crippen molar-refractivity contribution >= 4 is 5.69 Å². The van der Waals surface area contributed by atoms with E-state index in [2.05, 4.69) is 43.1 Å². The highest BCUT2D eigenvalue weighted by Crippen LogP contribution is 2.38. The Kier molecular flexibility index (Phi) is 3.50. The summed E-state index contributed by atoms with van der Waals surface area (Å²) in [7, 11) is 0. The van der Waals surface area contributed by atoms with Crippen LogP contribution in [0.2, 0.25) is 0 Å². The minimum atomic E-state index is 0.544. The summed E-state index contributed by atoms with van der Waals surface area (Å²) in [6.07, 6.45) is 1.19. The van der Waals surface area contributed by atoms with E-state index in [9.17, 15) is 0 Å². The van der Waals surface area contributed by atoms with Gasteiger partial charge in [-0.3, -0.25) is 4.90 Å². The summed E-state index contributed by atoms with van der Waals surface area (Å²) in [6.45, 7) is 10.6. The van der Waals surface area contributed by atoms with Crippen LogP contribution in [-0.4, -0.2) is 37.2 Å². The van der Waals surface area contributed by atoms with Crippen LogP contribution in [0.15, 0.2) is 12.1 Å². The molecule has 2 aliphatic rings. The van der Waals surface area contributed by atoms with E-state index in [1.807, 2.05) is 0 Å². The van der Waals surface area contributed by atoms with Gasteiger partial charge in [0.2, 0.25) is 0 Å². The molecule has 0 bridgehead atoms. The van der Waals surface area contributed by atoms with Crippen molar-refractivity contribution in [3.8, 4) is 0 Å². The van der Waals surface area contributed by atoms with Crippen LogP contribution >= 0.6 is 0 Å². The first-order valence-corrected chi connectivity index (χ1v) is 7.34. The molecule has 0 aromatic heterocycles. The molecule has 2 heterocycles. The number of morpholine rings is 1. The van der Waals surface area contributed by atoms with Gasteiger partial charge in [0.05, 0.1) is 13.2 Å². The first-order valence-electron chi connectivity index (χ1n) is 7.34. The molecule has 19 heavy (non-hydrogen) atoms. The van der Waals surface area contributed by atoms with Gasteiger partial charge in [0.1, 0.15) is 0 Å². The lowest BCUT2D eigenvalue weighted by molar-refractivity contribution is 0.0127. The second kappa shape index (κ2) is 5.14. The molecule has 1 saturated heterocycles. The predicted molar refractivity (Wildman–Crippen MR) is 78.8 cm³/mol. The van der Waals surface area contributed by atoms with Gasteiger partial charge in [0, 0.05) is 30.9 Å². The van der Waals surface area contributed by atoms with E-state index in [4.69, 9.17) is 4.74 Å². The summed E-state index contributed by atoms with van der Waals surface area (Å²) in [4.78, 5) is 2.59. The fraction of sp³-hybridized carbons (Fsp3) is 0.625. The molecule has 0 radical (unpaired) electrons. The molecule has 3 nitrogen and oxygen atoms in total. The molecule has 2 atom stereocenters. The topological polar surface area (TPSA) is 24.5 Å². The normalized spacial score (nSPS) is 27.7. The number of aryl methyl sites for hydroxylation is 2. The second-order valence-corrected chi connectivity index (χ2v) is 5.97. The third kappa shape index (κ3) is 2.49. The van der Waals surface area contributed by atoms with Crippen molar-refractivity contribution in [1.29, 1.82) is 0 Å². The van der Waals surface area contributed by atoms with Crippen molar-refractivity contribution in [3.05, 3.63) is 28.8 Å². The molecule has 1 aromatic carbocycles. The zero-order chi connectivity index (χ0) is 13.4. The van der Waals surface area contributed by atoms with Crippen molar-refractivity contribution in [3.63, 3.8) is 0 Å². The monoisotopic (exact) mass is 260 g/mol. The molecule has 2 unspecified atom stereocenters. The lowest BCUT2D eigenvalue weighted by Crippen LogP contribution is -2.42. The summed E-state index contributed by atoms with van der Waals surface area (Å²) in [5.74, 6) is 0. The number of hydrogen-bond acceptors (Lipinski definition) is 3. The van der Waals surface area contributed by atoms with Crippen LogP contribution < -0.4 is 5.32 Å². The maximum Gasteiger partial charge on any atom is 0.0594 e. The Morgan fingerprint density at radius 1 is 1.16 bits per heavy atom. The van der Waals surface area contributed by atoms with E-state index in [1.165, 1.54) is 28.8 Å². The minimum Gasteiger partial charge on any atom is -0.382 e. The number of anilines is 1. The van der Waals surface area contributed by atoms with Gasteiger partial charge >= 0.3 is 0 Å². The number of fused-ring (bicyclic) bond motifs is 1. The molecule has 0 aliphatic carbocycles. The van der Waals surface area contributed by atoms with E-state index >= 15 is 0 Å². The molecule has 3 heteroatoms. The van der Waals surface area contributed by atoms with Crippen LogP contribution in [0.1, 0.15) is 36.1 Å². The van der Waals surface area contributed by atoms with E-state index in [-0.39, 0.29) is 0 Å². The maximum atomic E-state index is 5.49. The van der Waals surface area contributed by atoms with E-state index < -0.39 is 0 Å². The van der Waals surface area contributed by atoms with Crippen LogP contribution in [0.3, 0.4) is 0 Å². The largest absolute Gasteiger partial charge is 0.382 e. The van der Waals surface area contributed by atoms with Crippen LogP contribution in [-0.2, 0) is 4.74 Å². The third-order valence-corrected chi connectivity index (χ3v) is 4.49. The van der Waals surface area contributed by atoms with Crippen LogP contribution in [0.5, 0.6) is 0 Å². The fourth-order valence-corrected chi connectivity index (χ4v) is 3.26. The molecule has 1 fully saturated rings. The second-order valence-electron chi connectivity index (χ2n) is 5.97. The molecule has 104 valence electrons. The highest BCUT2D eigenvalue weighted by Gasteiger charge is 2.30. The fourth-order valence-electron chi connectivity index (χ4n) is 3.26. The quantitative estimate of drug-likeness (QED) is 0.840. The molecule has 1 aromatic rings. The number of ether oxygens (including phenoxy) is 1. The standard InChI is InChI=1S/C16H24N2O/c1-11-8-14-15(9-12(11)2)17-13(3)10-16(14)18-4-6-19-7-5-18/h8-9,13,16-17H,4-7,10H2,1-3H3. The van der Waals surface area contributed by atoms with Crippen molar-refractivity contribution in [1.82, 2.24) is 4.90 Å². The van der Waals surface area contributed by atoms with Gasteiger partial charge in [-0.05, 0) is 49.9 Å². The van der Waals surface area contributed by atoms with Crippen molar-refractivity contribution in [2.24, 2.45) is 0 Å². The number of hydrogen-bond donors (Lipinski definition) is 1. The Bertz CT molecular complexity index is 466. The van der Waals surface area contributed by atoms with Gasteiger partial charge in [-0.2, -0.15) is 0 Å². The molecule has 0 amide bonds. The molecule has 1 N–H and O–H groups in total. The SMILES string of the molecule is Cc1cc2c(cc1C)C(N1CCOCC1)CC(C)N2. The van der Waals surface area contributed by atoms with Gasteiger partial charge in [-0.1, -0.05) is 6.07 Å². The van der Waals surface area contributed by atoms with Gasteiger partial charge in [-0.25, -0.2) is 0 Å². The Balaban J connectivity index is 1.96. The van der Waals surface area contributed by atoms with Crippen LogP contribution in [0.25, 0.3) is 0 Å². The number of benzene rings is 1. The highest BCUT2D eigenvalue weighted by atomic mass is 16.5. The predicted octanol–water partition coefficient (Wildman–Crippen LogP) is 2.88. The average molecular weight is 260 g/mol. The summed E-state index contributed by atoms with van der Waals surface area (Å²) in [5.41, 5.74) is 5.58. The first-order chi connectivity index (χ1) is 9.15. The summed E-state index contributed by atoms with van der Waals surface area (Å²) >= 11 is 0. The summed E-state index contributed by atoms with van der Waals surface area (Å²) in [6, 6.07) is 5.79. The smallest absolute Gasteiger partial charge is 0.0594 e. The number of nitrogens with zero attached hydrogens (tertiary/aromatic N) is 1. The zero-order valence-corrected chi connectivity index (χ0v) is 12.2. The van der Waals surface area contributed by atoms with Gasteiger partial charge in [-0.15, -0.1) is 0 Å². The van der Waals surface area contributed by atoms with Crippen molar-refractivity contribution in [2.75, 3.05) is 31.6 Å². The first kappa shape index (κ1) is 12.9. The lowest BCUT2D eigenvalue weighted by atomic mass is 9.89. The number of nitrogens with one attached hydrogen (secondary N) is 1. The van der Waals surface area contributed by atoms with Crippen LogP contribution in [0, 0.1) is 13.8 Å². The Morgan fingerprint density at radius 2 is 1.84 bits per heavy atom. The molecule has 0 spiro atoms. The van der Waals surface area contributed by atoms with Crippen molar-refractivity contribution < 1.29 is 4.74 Å². The average Bonchev–Trinajstić information content (AvgIpc) is 2.41. The Morgan fingerprint density at radius 3 is 2.58 bits per heavy atom. The van der Waals surface area contributed by atoms with Gasteiger partial charge in [0.15, 0.2) is 0 Å².